The Morgan fingerprint density at radius 3 is 2.72 bits per heavy atom. The van der Waals surface area contributed by atoms with E-state index in [-0.39, 0.29) is 30.3 Å². The molecule has 3 aromatic rings. The summed E-state index contributed by atoms with van der Waals surface area (Å²) in [5, 5.41) is 20.6. The Bertz CT molecular complexity index is 876. The van der Waals surface area contributed by atoms with Crippen molar-refractivity contribution in [1.29, 1.82) is 0 Å². The van der Waals surface area contributed by atoms with Gasteiger partial charge in [-0.15, -0.1) is 10.2 Å². The fraction of sp³-hybridized carbons (Fsp3) is 0.267. The quantitative estimate of drug-likeness (QED) is 0.744. The lowest BCUT2D eigenvalue weighted by atomic mass is 10.2. The molecule has 3 rings (SSSR count). The van der Waals surface area contributed by atoms with Crippen LogP contribution in [0.5, 0.6) is 0 Å². The van der Waals surface area contributed by atoms with E-state index in [1.165, 1.54) is 6.20 Å². The van der Waals surface area contributed by atoms with Crippen LogP contribution in [0.1, 0.15) is 17.1 Å². The van der Waals surface area contributed by atoms with Gasteiger partial charge in [-0.1, -0.05) is 17.7 Å². The Labute approximate surface area is 144 Å². The van der Waals surface area contributed by atoms with Crippen LogP contribution in [-0.4, -0.2) is 31.7 Å². The number of halogens is 4. The first-order chi connectivity index (χ1) is 11.9. The number of nitrogens with zero attached hydrogens (tertiary/aromatic N) is 4. The molecular weight excluding hydrogens is 361 g/mol. The van der Waals surface area contributed by atoms with E-state index >= 15 is 0 Å². The molecule has 1 N–H and O–H groups in total. The van der Waals surface area contributed by atoms with Crippen molar-refractivity contribution in [3.8, 4) is 11.5 Å². The van der Waals surface area contributed by atoms with Gasteiger partial charge < -0.3 is 9.52 Å². The summed E-state index contributed by atoms with van der Waals surface area (Å²) >= 11 is 5.89. The van der Waals surface area contributed by atoms with Crippen molar-refractivity contribution < 1.29 is 22.7 Å². The third-order valence-electron chi connectivity index (χ3n) is 3.32. The van der Waals surface area contributed by atoms with Gasteiger partial charge in [0.05, 0.1) is 0 Å². The summed E-state index contributed by atoms with van der Waals surface area (Å²) in [5.74, 6) is 0.304. The summed E-state index contributed by atoms with van der Waals surface area (Å²) in [4.78, 5) is 0. The molecule has 1 aromatic carbocycles. The van der Waals surface area contributed by atoms with Crippen LogP contribution in [0.3, 0.4) is 0 Å². The number of aromatic nitrogens is 4. The molecule has 0 bridgehead atoms. The van der Waals surface area contributed by atoms with Gasteiger partial charge in [-0.2, -0.15) is 18.3 Å². The molecule has 0 fully saturated rings. The average molecular weight is 373 g/mol. The summed E-state index contributed by atoms with van der Waals surface area (Å²) < 4.78 is 45.4. The molecule has 0 saturated carbocycles. The monoisotopic (exact) mass is 372 g/mol. The first-order valence-electron chi connectivity index (χ1n) is 7.19. The maximum absolute atomic E-state index is 13.0. The molecule has 0 aliphatic rings. The van der Waals surface area contributed by atoms with E-state index in [2.05, 4.69) is 15.3 Å². The minimum Gasteiger partial charge on any atom is -0.419 e. The molecular formula is C15H12ClF3N4O2. The summed E-state index contributed by atoms with van der Waals surface area (Å²) in [7, 11) is 0. The Balaban J connectivity index is 1.84. The standard InChI is InChI=1S/C15H12ClF3N4O2/c16-11-3-1-2-9(6-11)14-21-20-12(25-14)8-23-7-10(4-5-24)13(22-23)15(17,18)19/h1-3,6-7,24H,4-5,8H2. The van der Waals surface area contributed by atoms with Crippen LogP contribution in [0.25, 0.3) is 11.5 Å². The number of hydrogen-bond donors (Lipinski definition) is 1. The lowest BCUT2D eigenvalue weighted by Gasteiger charge is -2.04. The van der Waals surface area contributed by atoms with Gasteiger partial charge in [-0.05, 0) is 24.6 Å². The van der Waals surface area contributed by atoms with E-state index in [9.17, 15) is 13.2 Å². The molecule has 0 aliphatic carbocycles. The highest BCUT2D eigenvalue weighted by Gasteiger charge is 2.37. The van der Waals surface area contributed by atoms with E-state index in [1.54, 1.807) is 24.3 Å². The number of alkyl halides is 3. The zero-order chi connectivity index (χ0) is 18.0. The van der Waals surface area contributed by atoms with Crippen molar-refractivity contribution in [3.63, 3.8) is 0 Å². The van der Waals surface area contributed by atoms with Crippen molar-refractivity contribution >= 4 is 11.6 Å². The molecule has 0 amide bonds. The van der Waals surface area contributed by atoms with Crippen LogP contribution in [0.15, 0.2) is 34.9 Å². The molecule has 6 nitrogen and oxygen atoms in total. The van der Waals surface area contributed by atoms with Crippen molar-refractivity contribution in [2.24, 2.45) is 0 Å². The van der Waals surface area contributed by atoms with Crippen LogP contribution in [0, 0.1) is 0 Å². The highest BCUT2D eigenvalue weighted by molar-refractivity contribution is 6.30. The van der Waals surface area contributed by atoms with Gasteiger partial charge >= 0.3 is 6.18 Å². The first-order valence-corrected chi connectivity index (χ1v) is 7.57. The molecule has 0 unspecified atom stereocenters. The number of rotatable bonds is 5. The molecule has 0 saturated heterocycles. The minimum atomic E-state index is -4.60. The largest absolute Gasteiger partial charge is 0.435 e. The van der Waals surface area contributed by atoms with Crippen LogP contribution >= 0.6 is 11.6 Å². The molecule has 132 valence electrons. The molecule has 25 heavy (non-hydrogen) atoms. The molecule has 0 atom stereocenters. The summed E-state index contributed by atoms with van der Waals surface area (Å²) in [6.45, 7) is -0.531. The Hall–Kier alpha value is -2.39. The molecule has 0 aliphatic heterocycles. The van der Waals surface area contributed by atoms with Crippen molar-refractivity contribution in [2.75, 3.05) is 6.61 Å². The van der Waals surface area contributed by atoms with E-state index in [0.29, 0.717) is 10.6 Å². The number of aliphatic hydroxyl groups is 1. The molecule has 2 heterocycles. The lowest BCUT2D eigenvalue weighted by molar-refractivity contribution is -0.142. The predicted molar refractivity (Wildman–Crippen MR) is 81.9 cm³/mol. The van der Waals surface area contributed by atoms with Crippen molar-refractivity contribution in [3.05, 3.63) is 52.6 Å². The smallest absolute Gasteiger partial charge is 0.419 e. The number of hydrogen-bond acceptors (Lipinski definition) is 5. The Morgan fingerprint density at radius 2 is 2.04 bits per heavy atom. The fourth-order valence-electron chi connectivity index (χ4n) is 2.28. The van der Waals surface area contributed by atoms with E-state index in [1.807, 2.05) is 0 Å². The number of aliphatic hydroxyl groups excluding tert-OH is 1. The second-order valence-electron chi connectivity index (χ2n) is 5.18. The summed E-state index contributed by atoms with van der Waals surface area (Å²) in [6.07, 6.45) is -3.54. The van der Waals surface area contributed by atoms with Crippen molar-refractivity contribution in [2.45, 2.75) is 19.1 Å². The van der Waals surface area contributed by atoms with Gasteiger partial charge in [0.25, 0.3) is 0 Å². The van der Waals surface area contributed by atoms with Crippen molar-refractivity contribution in [1.82, 2.24) is 20.0 Å². The second kappa shape index (κ2) is 6.85. The van der Waals surface area contributed by atoms with Gasteiger partial charge in [-0.25, -0.2) is 0 Å². The van der Waals surface area contributed by atoms with Crippen LogP contribution in [0.2, 0.25) is 5.02 Å². The topological polar surface area (TPSA) is 77.0 Å². The van der Waals surface area contributed by atoms with Crippen LogP contribution in [-0.2, 0) is 19.1 Å². The molecule has 0 radical (unpaired) electrons. The van der Waals surface area contributed by atoms with Gasteiger partial charge in [0.2, 0.25) is 11.8 Å². The third-order valence-corrected chi connectivity index (χ3v) is 3.56. The van der Waals surface area contributed by atoms with E-state index in [4.69, 9.17) is 21.1 Å². The first kappa shape index (κ1) is 17.4. The van der Waals surface area contributed by atoms with Gasteiger partial charge in [0, 0.05) is 29.0 Å². The Kier molecular flexibility index (Phi) is 4.78. The highest BCUT2D eigenvalue weighted by atomic mass is 35.5. The van der Waals surface area contributed by atoms with Gasteiger partial charge in [-0.3, -0.25) is 4.68 Å². The zero-order valence-corrected chi connectivity index (χ0v) is 13.4. The number of benzene rings is 1. The van der Waals surface area contributed by atoms with Gasteiger partial charge in [0.15, 0.2) is 5.69 Å². The highest BCUT2D eigenvalue weighted by Crippen LogP contribution is 2.31. The SMILES string of the molecule is OCCc1cn(Cc2nnc(-c3cccc(Cl)c3)o2)nc1C(F)(F)F. The Morgan fingerprint density at radius 1 is 1.24 bits per heavy atom. The molecule has 2 aromatic heterocycles. The van der Waals surface area contributed by atoms with E-state index < -0.39 is 18.5 Å². The fourth-order valence-corrected chi connectivity index (χ4v) is 2.47. The van der Waals surface area contributed by atoms with Crippen LogP contribution in [0.4, 0.5) is 13.2 Å². The third kappa shape index (κ3) is 3.99. The zero-order valence-electron chi connectivity index (χ0n) is 12.7. The lowest BCUT2D eigenvalue weighted by Crippen LogP contribution is -2.11. The van der Waals surface area contributed by atoms with Gasteiger partial charge in [0.1, 0.15) is 6.54 Å². The maximum Gasteiger partial charge on any atom is 0.435 e. The molecule has 0 spiro atoms. The second-order valence-corrected chi connectivity index (χ2v) is 5.62. The predicted octanol–water partition coefficient (Wildman–Crippen LogP) is 3.19. The normalized spacial score (nSPS) is 11.9. The molecule has 10 heteroatoms. The van der Waals surface area contributed by atoms with Crippen LogP contribution < -0.4 is 0 Å². The summed E-state index contributed by atoms with van der Waals surface area (Å²) in [5.41, 5.74) is -0.524. The maximum atomic E-state index is 13.0. The van der Waals surface area contributed by atoms with E-state index in [0.717, 1.165) is 4.68 Å². The summed E-state index contributed by atoms with van der Waals surface area (Å²) in [6, 6.07) is 6.76. The average Bonchev–Trinajstić information content (AvgIpc) is 3.15. The minimum absolute atomic E-state index is 0.0930.